The number of thioether (sulfide) groups is 1. The molecule has 0 radical (unpaired) electrons. The van der Waals surface area contributed by atoms with Gasteiger partial charge in [0.25, 0.3) is 0 Å². The third-order valence-corrected chi connectivity index (χ3v) is 9.27. The largest absolute Gasteiger partial charge is 0.370 e. The van der Waals surface area contributed by atoms with Crippen LogP contribution in [0.25, 0.3) is 0 Å². The van der Waals surface area contributed by atoms with Crippen molar-refractivity contribution in [2.45, 2.75) is 94.7 Å². The quantitative estimate of drug-likeness (QED) is 0.444. The maximum Gasteiger partial charge on any atom is 0.161 e. The number of ether oxygens (including phenoxy) is 6. The normalized spacial score (nSPS) is 40.2. The fourth-order valence-electron chi connectivity index (χ4n) is 5.51. The van der Waals surface area contributed by atoms with Crippen LogP contribution >= 0.6 is 11.8 Å². The Morgan fingerprint density at radius 2 is 1.49 bits per heavy atom. The van der Waals surface area contributed by atoms with Crippen molar-refractivity contribution in [3.05, 3.63) is 66.2 Å². The first-order valence-corrected chi connectivity index (χ1v) is 14.4. The molecule has 0 saturated carbocycles. The standard InChI is InChI=1S/C30H40O6S/c1-18-19(2)29(35-25-17-31-22(5)34-26(18)25)36-28-21(4)33-30(37-24-14-10-7-11-15-24)20(3)27(28)32-16-23-12-8-6-9-13-23/h6-15,18-22,25-30H,16-17H2,1-5H3/t18-,19?,20?,21?,22?,25?,26+,27+,28-,29+,30+/m1/s1. The van der Waals surface area contributed by atoms with E-state index in [1.807, 2.05) is 31.2 Å². The number of rotatable bonds is 7. The lowest BCUT2D eigenvalue weighted by Crippen LogP contribution is -2.60. The molecule has 202 valence electrons. The molecule has 5 unspecified atom stereocenters. The highest BCUT2D eigenvalue weighted by Crippen LogP contribution is 2.42. The topological polar surface area (TPSA) is 55.4 Å². The van der Waals surface area contributed by atoms with E-state index in [1.165, 1.54) is 4.90 Å². The molecule has 7 heteroatoms. The summed E-state index contributed by atoms with van der Waals surface area (Å²) in [4.78, 5) is 1.18. The van der Waals surface area contributed by atoms with E-state index in [4.69, 9.17) is 28.4 Å². The highest BCUT2D eigenvalue weighted by atomic mass is 32.2. The minimum absolute atomic E-state index is 0.00864. The van der Waals surface area contributed by atoms with Crippen LogP contribution in [0.2, 0.25) is 0 Å². The molecule has 37 heavy (non-hydrogen) atoms. The monoisotopic (exact) mass is 528 g/mol. The number of hydrogen-bond donors (Lipinski definition) is 0. The fourth-order valence-corrected chi connectivity index (χ4v) is 6.69. The molecule has 2 aromatic rings. The summed E-state index contributed by atoms with van der Waals surface area (Å²) in [6.07, 6.45) is -1.33. The number of hydrogen-bond acceptors (Lipinski definition) is 7. The predicted molar refractivity (Wildman–Crippen MR) is 143 cm³/mol. The Balaban J connectivity index is 1.33. The molecule has 0 aliphatic carbocycles. The summed E-state index contributed by atoms with van der Waals surface area (Å²) in [5.41, 5.74) is 1.09. The lowest BCUT2D eigenvalue weighted by molar-refractivity contribution is -0.355. The Morgan fingerprint density at radius 3 is 2.22 bits per heavy atom. The zero-order valence-electron chi connectivity index (χ0n) is 22.4. The van der Waals surface area contributed by atoms with Crippen molar-refractivity contribution < 1.29 is 28.4 Å². The molecule has 11 atom stereocenters. The summed E-state index contributed by atoms with van der Waals surface area (Å²) in [6.45, 7) is 11.7. The average molecular weight is 529 g/mol. The molecule has 3 aliphatic rings. The molecular formula is C30H40O6S. The van der Waals surface area contributed by atoms with E-state index < -0.39 is 0 Å². The number of fused-ring (bicyclic) bond motifs is 1. The Morgan fingerprint density at radius 1 is 0.784 bits per heavy atom. The summed E-state index contributed by atoms with van der Waals surface area (Å²) >= 11 is 1.74. The van der Waals surface area contributed by atoms with Gasteiger partial charge in [-0.3, -0.25) is 0 Å². The minimum atomic E-state index is -0.388. The zero-order chi connectivity index (χ0) is 25.9. The van der Waals surface area contributed by atoms with Crippen molar-refractivity contribution in [2.75, 3.05) is 6.61 Å². The zero-order valence-corrected chi connectivity index (χ0v) is 23.2. The summed E-state index contributed by atoms with van der Waals surface area (Å²) in [5, 5.41) is 0. The first-order chi connectivity index (χ1) is 17.9. The SMILES string of the molecule is CC1OCC2O[C@@H](O[C@@H]3C(C)O[C@@H](Sc4ccccc4)C(C)[C@@H]3OCc3ccccc3)C(C)[C@@H](C)[C@@H]2O1. The van der Waals surface area contributed by atoms with Crippen LogP contribution in [-0.2, 0) is 35.0 Å². The van der Waals surface area contributed by atoms with Gasteiger partial charge in [0.2, 0.25) is 0 Å². The summed E-state index contributed by atoms with van der Waals surface area (Å²) in [5.74, 6) is 0.527. The van der Waals surface area contributed by atoms with Gasteiger partial charge in [0, 0.05) is 16.7 Å². The van der Waals surface area contributed by atoms with Gasteiger partial charge in [0.15, 0.2) is 12.6 Å². The van der Waals surface area contributed by atoms with E-state index in [0.717, 1.165) is 5.56 Å². The van der Waals surface area contributed by atoms with Gasteiger partial charge in [-0.1, -0.05) is 81.1 Å². The fraction of sp³-hybridized carbons (Fsp3) is 0.600. The maximum absolute atomic E-state index is 6.78. The van der Waals surface area contributed by atoms with E-state index in [-0.39, 0.29) is 66.3 Å². The molecule has 0 aromatic heterocycles. The number of benzene rings is 2. The Hall–Kier alpha value is -1.45. The van der Waals surface area contributed by atoms with Gasteiger partial charge in [0.05, 0.1) is 31.5 Å². The van der Waals surface area contributed by atoms with Crippen LogP contribution in [0.4, 0.5) is 0 Å². The minimum Gasteiger partial charge on any atom is -0.370 e. The molecule has 0 N–H and O–H groups in total. The summed E-state index contributed by atoms with van der Waals surface area (Å²) in [7, 11) is 0. The van der Waals surface area contributed by atoms with Gasteiger partial charge in [-0.15, -0.1) is 0 Å². The van der Waals surface area contributed by atoms with Crippen LogP contribution in [-0.4, -0.2) is 55.1 Å². The predicted octanol–water partition coefficient (Wildman–Crippen LogP) is 5.89. The molecule has 3 aliphatic heterocycles. The van der Waals surface area contributed by atoms with Crippen molar-refractivity contribution >= 4 is 11.8 Å². The maximum atomic E-state index is 6.78. The molecule has 2 aromatic carbocycles. The lowest BCUT2D eigenvalue weighted by Gasteiger charge is -2.50. The molecular weight excluding hydrogens is 488 g/mol. The molecule has 3 fully saturated rings. The highest BCUT2D eigenvalue weighted by Gasteiger charge is 2.50. The van der Waals surface area contributed by atoms with Crippen LogP contribution < -0.4 is 0 Å². The summed E-state index contributed by atoms with van der Waals surface area (Å²) < 4.78 is 38.2. The smallest absolute Gasteiger partial charge is 0.161 e. The van der Waals surface area contributed by atoms with Crippen molar-refractivity contribution in [1.82, 2.24) is 0 Å². The molecule has 0 bridgehead atoms. The molecule has 6 nitrogen and oxygen atoms in total. The van der Waals surface area contributed by atoms with E-state index in [0.29, 0.717) is 13.2 Å². The van der Waals surface area contributed by atoms with Gasteiger partial charge < -0.3 is 28.4 Å². The van der Waals surface area contributed by atoms with Crippen LogP contribution in [0, 0.1) is 17.8 Å². The molecule has 3 saturated heterocycles. The highest BCUT2D eigenvalue weighted by molar-refractivity contribution is 7.99. The lowest BCUT2D eigenvalue weighted by atomic mass is 9.84. The second-order valence-electron chi connectivity index (χ2n) is 10.6. The van der Waals surface area contributed by atoms with Crippen LogP contribution in [0.3, 0.4) is 0 Å². The average Bonchev–Trinajstić information content (AvgIpc) is 2.91. The van der Waals surface area contributed by atoms with Crippen LogP contribution in [0.1, 0.15) is 40.2 Å². The Labute approximate surface area is 225 Å². The Bertz CT molecular complexity index is 975. The van der Waals surface area contributed by atoms with Crippen molar-refractivity contribution in [2.24, 2.45) is 17.8 Å². The molecule has 0 spiro atoms. The van der Waals surface area contributed by atoms with Gasteiger partial charge in [-0.25, -0.2) is 0 Å². The first kappa shape index (κ1) is 27.1. The third kappa shape index (κ3) is 6.25. The first-order valence-electron chi connectivity index (χ1n) is 13.5. The van der Waals surface area contributed by atoms with E-state index >= 15 is 0 Å². The molecule has 0 amide bonds. The van der Waals surface area contributed by atoms with Gasteiger partial charge in [-0.2, -0.15) is 0 Å². The molecule has 5 rings (SSSR count). The van der Waals surface area contributed by atoms with Gasteiger partial charge in [-0.05, 0) is 37.5 Å². The summed E-state index contributed by atoms with van der Waals surface area (Å²) in [6, 6.07) is 20.7. The Kier molecular flexibility index (Phi) is 8.92. The van der Waals surface area contributed by atoms with Crippen molar-refractivity contribution in [3.63, 3.8) is 0 Å². The second-order valence-corrected chi connectivity index (χ2v) is 11.8. The van der Waals surface area contributed by atoms with Crippen LogP contribution in [0.15, 0.2) is 65.6 Å². The van der Waals surface area contributed by atoms with Crippen molar-refractivity contribution in [1.29, 1.82) is 0 Å². The molecule has 3 heterocycles. The van der Waals surface area contributed by atoms with Gasteiger partial charge >= 0.3 is 0 Å². The van der Waals surface area contributed by atoms with Gasteiger partial charge in [0.1, 0.15) is 17.6 Å². The third-order valence-electron chi connectivity index (χ3n) is 7.95. The van der Waals surface area contributed by atoms with E-state index in [1.54, 1.807) is 11.8 Å². The van der Waals surface area contributed by atoms with E-state index in [9.17, 15) is 0 Å². The van der Waals surface area contributed by atoms with Crippen molar-refractivity contribution in [3.8, 4) is 0 Å². The van der Waals surface area contributed by atoms with E-state index in [2.05, 4.69) is 64.1 Å². The van der Waals surface area contributed by atoms with Crippen LogP contribution in [0.5, 0.6) is 0 Å². The second kappa shape index (κ2) is 12.2.